The van der Waals surface area contributed by atoms with Gasteiger partial charge in [-0.2, -0.15) is 0 Å². The molecule has 3 N–H and O–H groups in total. The molecule has 122 valence electrons. The summed E-state index contributed by atoms with van der Waals surface area (Å²) in [6, 6.07) is 14.8. The average molecular weight is 333 g/mol. The molecule has 0 bridgehead atoms. The second kappa shape index (κ2) is 6.50. The number of anilines is 1. The summed E-state index contributed by atoms with van der Waals surface area (Å²) in [5.41, 5.74) is 7.60. The van der Waals surface area contributed by atoms with Crippen molar-refractivity contribution in [1.82, 2.24) is 5.32 Å². The first-order chi connectivity index (χ1) is 10.4. The fourth-order valence-electron chi connectivity index (χ4n) is 2.85. The van der Waals surface area contributed by atoms with Crippen LogP contribution in [0.3, 0.4) is 0 Å². The third-order valence-corrected chi connectivity index (χ3v) is 3.83. The molecule has 2 aromatic carbocycles. The Hall–Kier alpha value is -2.20. The van der Waals surface area contributed by atoms with E-state index in [0.717, 1.165) is 17.7 Å². The maximum Gasteiger partial charge on any atom is 0.251 e. The van der Waals surface area contributed by atoms with Crippen molar-refractivity contribution in [3.8, 4) is 5.75 Å². The zero-order chi connectivity index (χ0) is 15.7. The van der Waals surface area contributed by atoms with Gasteiger partial charge in [-0.15, -0.1) is 12.4 Å². The van der Waals surface area contributed by atoms with E-state index in [1.807, 2.05) is 38.1 Å². The van der Waals surface area contributed by atoms with Crippen molar-refractivity contribution in [3.63, 3.8) is 0 Å². The number of nitrogens with two attached hydrogens (primary N) is 1. The first-order valence-corrected chi connectivity index (χ1v) is 7.39. The summed E-state index contributed by atoms with van der Waals surface area (Å²) in [7, 11) is 0. The van der Waals surface area contributed by atoms with Crippen LogP contribution in [0.25, 0.3) is 0 Å². The Kier molecular flexibility index (Phi) is 4.85. The molecule has 4 nitrogen and oxygen atoms in total. The molecule has 1 aliphatic heterocycles. The van der Waals surface area contributed by atoms with Crippen molar-refractivity contribution in [2.24, 2.45) is 0 Å². The Morgan fingerprint density at radius 2 is 1.96 bits per heavy atom. The van der Waals surface area contributed by atoms with Gasteiger partial charge in [-0.1, -0.05) is 24.3 Å². The molecule has 23 heavy (non-hydrogen) atoms. The molecule has 0 aromatic heterocycles. The summed E-state index contributed by atoms with van der Waals surface area (Å²) in [6.45, 7) is 4.06. The van der Waals surface area contributed by atoms with Gasteiger partial charge in [0.25, 0.3) is 5.91 Å². The van der Waals surface area contributed by atoms with E-state index in [1.165, 1.54) is 0 Å². The van der Waals surface area contributed by atoms with Crippen LogP contribution < -0.4 is 15.8 Å². The monoisotopic (exact) mass is 332 g/mol. The van der Waals surface area contributed by atoms with E-state index < -0.39 is 0 Å². The summed E-state index contributed by atoms with van der Waals surface area (Å²) >= 11 is 0. The van der Waals surface area contributed by atoms with Crippen LogP contribution in [0.15, 0.2) is 48.5 Å². The normalized spacial score (nSPS) is 18.1. The summed E-state index contributed by atoms with van der Waals surface area (Å²) < 4.78 is 5.98. The molecule has 5 heteroatoms. The summed E-state index contributed by atoms with van der Waals surface area (Å²) in [4.78, 5) is 12.5. The summed E-state index contributed by atoms with van der Waals surface area (Å²) in [5, 5.41) is 3.10. The van der Waals surface area contributed by atoms with E-state index in [9.17, 15) is 4.79 Å². The van der Waals surface area contributed by atoms with Gasteiger partial charge in [0.05, 0.1) is 6.04 Å². The van der Waals surface area contributed by atoms with Gasteiger partial charge in [0, 0.05) is 23.2 Å². The van der Waals surface area contributed by atoms with Crippen LogP contribution in [0, 0.1) is 0 Å². The van der Waals surface area contributed by atoms with Crippen LogP contribution >= 0.6 is 12.4 Å². The van der Waals surface area contributed by atoms with Crippen LogP contribution in [0.2, 0.25) is 0 Å². The molecule has 0 radical (unpaired) electrons. The molecule has 0 fully saturated rings. The van der Waals surface area contributed by atoms with Crippen molar-refractivity contribution in [2.45, 2.75) is 31.9 Å². The van der Waals surface area contributed by atoms with Crippen LogP contribution in [-0.2, 0) is 0 Å². The van der Waals surface area contributed by atoms with Crippen molar-refractivity contribution >= 4 is 24.0 Å². The molecular formula is C18H21ClN2O2. The third kappa shape index (κ3) is 3.77. The van der Waals surface area contributed by atoms with Crippen LogP contribution in [0.5, 0.6) is 5.75 Å². The first kappa shape index (κ1) is 17.2. The molecule has 0 spiro atoms. The van der Waals surface area contributed by atoms with Crippen LogP contribution in [-0.4, -0.2) is 11.5 Å². The van der Waals surface area contributed by atoms with Crippen molar-refractivity contribution < 1.29 is 9.53 Å². The van der Waals surface area contributed by atoms with E-state index in [4.69, 9.17) is 10.5 Å². The lowest BCUT2D eigenvalue weighted by atomic mass is 9.89. The molecule has 0 saturated heterocycles. The van der Waals surface area contributed by atoms with Gasteiger partial charge in [0.15, 0.2) is 0 Å². The van der Waals surface area contributed by atoms with E-state index in [2.05, 4.69) is 5.32 Å². The van der Waals surface area contributed by atoms with Crippen LogP contribution in [0.1, 0.15) is 42.2 Å². The highest BCUT2D eigenvalue weighted by Gasteiger charge is 2.34. The van der Waals surface area contributed by atoms with Gasteiger partial charge < -0.3 is 15.8 Å². The molecule has 1 atom stereocenters. The fraction of sp³-hybridized carbons (Fsp3) is 0.278. The van der Waals surface area contributed by atoms with Gasteiger partial charge in [0.1, 0.15) is 11.4 Å². The minimum atomic E-state index is -0.317. The lowest BCUT2D eigenvalue weighted by Gasteiger charge is -2.37. The van der Waals surface area contributed by atoms with Gasteiger partial charge in [-0.3, -0.25) is 4.79 Å². The quantitative estimate of drug-likeness (QED) is 0.824. The number of rotatable bonds is 2. The highest BCUT2D eigenvalue weighted by molar-refractivity contribution is 5.95. The predicted molar refractivity (Wildman–Crippen MR) is 94.1 cm³/mol. The first-order valence-electron chi connectivity index (χ1n) is 7.39. The molecule has 1 amide bonds. The molecule has 0 saturated carbocycles. The maximum absolute atomic E-state index is 12.5. The minimum Gasteiger partial charge on any atom is -0.487 e. The SMILES string of the molecule is CC1(C)CC(NC(=O)c2cccc(N)c2)c2ccccc2O1.Cl. The van der Waals surface area contributed by atoms with E-state index >= 15 is 0 Å². The number of amides is 1. The van der Waals surface area contributed by atoms with Gasteiger partial charge in [-0.05, 0) is 38.1 Å². The number of halogens is 1. The number of fused-ring (bicyclic) bond motifs is 1. The van der Waals surface area contributed by atoms with Gasteiger partial charge in [-0.25, -0.2) is 0 Å². The zero-order valence-electron chi connectivity index (χ0n) is 13.2. The Balaban J connectivity index is 0.00000192. The number of para-hydroxylation sites is 1. The number of benzene rings is 2. The second-order valence-electron chi connectivity index (χ2n) is 6.26. The molecule has 1 unspecified atom stereocenters. The summed E-state index contributed by atoms with van der Waals surface area (Å²) in [5.74, 6) is 0.710. The lowest BCUT2D eigenvalue weighted by Crippen LogP contribution is -2.41. The Morgan fingerprint density at radius 1 is 1.22 bits per heavy atom. The number of nitrogens with one attached hydrogen (secondary N) is 1. The number of hydrogen-bond donors (Lipinski definition) is 2. The highest BCUT2D eigenvalue weighted by Crippen LogP contribution is 2.39. The third-order valence-electron chi connectivity index (χ3n) is 3.83. The topological polar surface area (TPSA) is 64.4 Å². The molecular weight excluding hydrogens is 312 g/mol. The highest BCUT2D eigenvalue weighted by atomic mass is 35.5. The van der Waals surface area contributed by atoms with Crippen molar-refractivity contribution in [2.75, 3.05) is 5.73 Å². The molecule has 1 heterocycles. The molecule has 2 aromatic rings. The second-order valence-corrected chi connectivity index (χ2v) is 6.26. The van der Waals surface area contributed by atoms with Gasteiger partial charge >= 0.3 is 0 Å². The van der Waals surface area contributed by atoms with Crippen LogP contribution in [0.4, 0.5) is 5.69 Å². The maximum atomic E-state index is 12.5. The molecule has 3 rings (SSSR count). The number of hydrogen-bond acceptors (Lipinski definition) is 3. The van der Waals surface area contributed by atoms with E-state index in [0.29, 0.717) is 11.3 Å². The van der Waals surface area contributed by atoms with E-state index in [1.54, 1.807) is 24.3 Å². The fourth-order valence-corrected chi connectivity index (χ4v) is 2.85. The Morgan fingerprint density at radius 3 is 2.70 bits per heavy atom. The Labute approximate surface area is 142 Å². The number of carbonyl (C=O) groups excluding carboxylic acids is 1. The number of carbonyl (C=O) groups is 1. The molecule has 0 aliphatic carbocycles. The summed E-state index contributed by atoms with van der Waals surface area (Å²) in [6.07, 6.45) is 0.720. The molecule has 1 aliphatic rings. The Bertz CT molecular complexity index is 716. The number of nitrogen functional groups attached to an aromatic ring is 1. The smallest absolute Gasteiger partial charge is 0.251 e. The van der Waals surface area contributed by atoms with Gasteiger partial charge in [0.2, 0.25) is 0 Å². The predicted octanol–water partition coefficient (Wildman–Crippen LogP) is 3.72. The van der Waals surface area contributed by atoms with Crippen molar-refractivity contribution in [1.29, 1.82) is 0 Å². The lowest BCUT2D eigenvalue weighted by molar-refractivity contribution is 0.0620. The average Bonchev–Trinajstić information content (AvgIpc) is 2.46. The zero-order valence-corrected chi connectivity index (χ0v) is 14.0. The standard InChI is InChI=1S/C18H20N2O2.ClH/c1-18(2)11-15(14-8-3-4-9-16(14)22-18)20-17(21)12-6-5-7-13(19)10-12;/h3-10,15H,11,19H2,1-2H3,(H,20,21);1H. The minimum absolute atomic E-state index is 0. The number of ether oxygens (including phenoxy) is 1. The largest absolute Gasteiger partial charge is 0.487 e. The van der Waals surface area contributed by atoms with Crippen molar-refractivity contribution in [3.05, 3.63) is 59.7 Å². The van der Waals surface area contributed by atoms with E-state index in [-0.39, 0.29) is 30.0 Å².